The van der Waals surface area contributed by atoms with Gasteiger partial charge >= 0.3 is 0 Å². The number of rotatable bonds is 4. The van der Waals surface area contributed by atoms with Gasteiger partial charge in [-0.25, -0.2) is 4.98 Å². The van der Waals surface area contributed by atoms with Crippen LogP contribution >= 0.6 is 0 Å². The predicted molar refractivity (Wildman–Crippen MR) is 75.1 cm³/mol. The Bertz CT molecular complexity index is 600. The van der Waals surface area contributed by atoms with Gasteiger partial charge in [0.25, 0.3) is 5.56 Å². The molecule has 0 bridgehead atoms. The number of methoxy groups -OCH3 is 1. The van der Waals surface area contributed by atoms with E-state index in [1.165, 1.54) is 11.6 Å². The maximum Gasteiger partial charge on any atom is 0.251 e. The number of H-pyrrole nitrogens is 1. The molecule has 0 radical (unpaired) electrons. The molecule has 2 rings (SSSR count). The molecule has 1 N–H and O–H groups in total. The van der Waals surface area contributed by atoms with Crippen molar-refractivity contribution in [3.63, 3.8) is 0 Å². The molecule has 19 heavy (non-hydrogen) atoms. The number of aromatic nitrogens is 2. The number of hydrogen-bond donors (Lipinski definition) is 1. The van der Waals surface area contributed by atoms with Crippen molar-refractivity contribution in [1.82, 2.24) is 9.97 Å². The van der Waals surface area contributed by atoms with Crippen LogP contribution in [-0.2, 0) is 11.3 Å². The molecule has 4 nitrogen and oxygen atoms in total. The topological polar surface area (TPSA) is 55.0 Å². The van der Waals surface area contributed by atoms with Gasteiger partial charge < -0.3 is 9.72 Å². The van der Waals surface area contributed by atoms with Gasteiger partial charge in [0.15, 0.2) is 0 Å². The van der Waals surface area contributed by atoms with Crippen LogP contribution in [-0.4, -0.2) is 17.1 Å². The van der Waals surface area contributed by atoms with Crippen molar-refractivity contribution < 1.29 is 4.74 Å². The fraction of sp³-hybridized carbons (Fsp3) is 0.333. The Hall–Kier alpha value is -1.94. The van der Waals surface area contributed by atoms with E-state index in [-0.39, 0.29) is 5.56 Å². The van der Waals surface area contributed by atoms with Crippen LogP contribution in [0, 0.1) is 0 Å². The van der Waals surface area contributed by atoms with E-state index in [0.29, 0.717) is 24.0 Å². The van der Waals surface area contributed by atoms with E-state index in [2.05, 4.69) is 35.9 Å². The minimum absolute atomic E-state index is 0.162. The zero-order valence-electron chi connectivity index (χ0n) is 11.4. The van der Waals surface area contributed by atoms with Crippen LogP contribution in [0.4, 0.5) is 0 Å². The summed E-state index contributed by atoms with van der Waals surface area (Å²) in [6.45, 7) is 4.63. The first-order valence-electron chi connectivity index (χ1n) is 6.29. The molecule has 0 fully saturated rings. The van der Waals surface area contributed by atoms with Gasteiger partial charge in [0, 0.05) is 18.7 Å². The highest BCUT2D eigenvalue weighted by Crippen LogP contribution is 2.19. The van der Waals surface area contributed by atoms with Crippen molar-refractivity contribution in [2.45, 2.75) is 26.4 Å². The Morgan fingerprint density at radius 3 is 2.53 bits per heavy atom. The van der Waals surface area contributed by atoms with Crippen LogP contribution in [0.3, 0.4) is 0 Å². The molecule has 0 spiro atoms. The highest BCUT2D eigenvalue weighted by molar-refractivity contribution is 5.55. The zero-order chi connectivity index (χ0) is 13.8. The van der Waals surface area contributed by atoms with E-state index in [1.54, 1.807) is 7.11 Å². The van der Waals surface area contributed by atoms with Crippen molar-refractivity contribution >= 4 is 0 Å². The molecule has 4 heteroatoms. The maximum absolute atomic E-state index is 11.6. The lowest BCUT2D eigenvalue weighted by Gasteiger charge is -2.07. The Morgan fingerprint density at radius 1 is 1.26 bits per heavy atom. The molecule has 0 aliphatic rings. The van der Waals surface area contributed by atoms with Crippen molar-refractivity contribution in [2.75, 3.05) is 7.11 Å². The molecule has 1 aromatic heterocycles. The Balaban J connectivity index is 2.38. The van der Waals surface area contributed by atoms with Crippen LogP contribution in [0.1, 0.15) is 31.0 Å². The second kappa shape index (κ2) is 5.80. The SMILES string of the molecule is COCc1cc(=O)[nH]c(-c2ccc(C(C)C)cc2)n1. The maximum atomic E-state index is 11.6. The molecular formula is C15H18N2O2. The van der Waals surface area contributed by atoms with E-state index >= 15 is 0 Å². The molecule has 100 valence electrons. The van der Waals surface area contributed by atoms with Gasteiger partial charge in [-0.05, 0) is 11.5 Å². The molecule has 0 amide bonds. The van der Waals surface area contributed by atoms with Crippen LogP contribution in [0.5, 0.6) is 0 Å². The first kappa shape index (κ1) is 13.5. The molecule has 1 aromatic carbocycles. The molecule has 0 saturated carbocycles. The summed E-state index contributed by atoms with van der Waals surface area (Å²) >= 11 is 0. The number of nitrogens with one attached hydrogen (secondary N) is 1. The summed E-state index contributed by atoms with van der Waals surface area (Å²) in [6, 6.07) is 9.52. The molecule has 0 aliphatic carbocycles. The molecular weight excluding hydrogens is 240 g/mol. The second-order valence-corrected chi connectivity index (χ2v) is 4.80. The Morgan fingerprint density at radius 2 is 1.95 bits per heavy atom. The van der Waals surface area contributed by atoms with Crippen LogP contribution in [0.25, 0.3) is 11.4 Å². The van der Waals surface area contributed by atoms with Crippen molar-refractivity contribution in [1.29, 1.82) is 0 Å². The van der Waals surface area contributed by atoms with Crippen molar-refractivity contribution in [2.24, 2.45) is 0 Å². The number of aromatic amines is 1. The van der Waals surface area contributed by atoms with Crippen LogP contribution in [0.15, 0.2) is 35.1 Å². The number of benzene rings is 1. The highest BCUT2D eigenvalue weighted by atomic mass is 16.5. The number of nitrogens with zero attached hydrogens (tertiary/aromatic N) is 1. The van der Waals surface area contributed by atoms with Gasteiger partial charge in [-0.15, -0.1) is 0 Å². The van der Waals surface area contributed by atoms with Crippen molar-refractivity contribution in [3.05, 3.63) is 51.9 Å². The molecule has 0 atom stereocenters. The van der Waals surface area contributed by atoms with Crippen LogP contribution in [0.2, 0.25) is 0 Å². The lowest BCUT2D eigenvalue weighted by molar-refractivity contribution is 0.181. The summed E-state index contributed by atoms with van der Waals surface area (Å²) in [5.74, 6) is 1.07. The van der Waals surface area contributed by atoms with Gasteiger partial charge in [0.2, 0.25) is 0 Å². The summed E-state index contributed by atoms with van der Waals surface area (Å²) in [6.07, 6.45) is 0. The van der Waals surface area contributed by atoms with E-state index in [1.807, 2.05) is 12.1 Å². The lowest BCUT2D eigenvalue weighted by atomic mass is 10.0. The Kier molecular flexibility index (Phi) is 4.12. The average Bonchev–Trinajstić information content (AvgIpc) is 2.38. The molecule has 0 unspecified atom stereocenters. The van der Waals surface area contributed by atoms with Crippen LogP contribution < -0.4 is 5.56 Å². The van der Waals surface area contributed by atoms with Gasteiger partial charge in [0.05, 0.1) is 12.3 Å². The molecule has 2 aromatic rings. The Labute approximate surface area is 112 Å². The normalized spacial score (nSPS) is 10.9. The summed E-state index contributed by atoms with van der Waals surface area (Å²) in [5.41, 5.74) is 2.64. The zero-order valence-corrected chi connectivity index (χ0v) is 11.4. The molecule has 0 saturated heterocycles. The third kappa shape index (κ3) is 3.29. The number of hydrogen-bond acceptors (Lipinski definition) is 3. The number of ether oxygens (including phenoxy) is 1. The van der Waals surface area contributed by atoms with Gasteiger partial charge in [0.1, 0.15) is 5.82 Å². The minimum Gasteiger partial charge on any atom is -0.378 e. The summed E-state index contributed by atoms with van der Waals surface area (Å²) in [7, 11) is 1.58. The lowest BCUT2D eigenvalue weighted by Crippen LogP contribution is -2.10. The molecule has 1 heterocycles. The minimum atomic E-state index is -0.162. The summed E-state index contributed by atoms with van der Waals surface area (Å²) in [4.78, 5) is 18.7. The monoisotopic (exact) mass is 258 g/mol. The third-order valence-corrected chi connectivity index (χ3v) is 2.94. The largest absolute Gasteiger partial charge is 0.378 e. The van der Waals surface area contributed by atoms with Gasteiger partial charge in [-0.2, -0.15) is 0 Å². The predicted octanol–water partition coefficient (Wildman–Crippen LogP) is 2.71. The van der Waals surface area contributed by atoms with Gasteiger partial charge in [-0.1, -0.05) is 38.1 Å². The quantitative estimate of drug-likeness (QED) is 0.917. The summed E-state index contributed by atoms with van der Waals surface area (Å²) in [5, 5.41) is 0. The average molecular weight is 258 g/mol. The smallest absolute Gasteiger partial charge is 0.251 e. The third-order valence-electron chi connectivity index (χ3n) is 2.94. The van der Waals surface area contributed by atoms with E-state index < -0.39 is 0 Å². The first-order valence-corrected chi connectivity index (χ1v) is 6.29. The van der Waals surface area contributed by atoms with E-state index in [0.717, 1.165) is 5.56 Å². The summed E-state index contributed by atoms with van der Waals surface area (Å²) < 4.78 is 5.01. The highest BCUT2D eigenvalue weighted by Gasteiger charge is 2.05. The van der Waals surface area contributed by atoms with E-state index in [9.17, 15) is 4.79 Å². The fourth-order valence-corrected chi connectivity index (χ4v) is 1.89. The molecule has 0 aliphatic heterocycles. The first-order chi connectivity index (χ1) is 9.10. The fourth-order valence-electron chi connectivity index (χ4n) is 1.89. The second-order valence-electron chi connectivity index (χ2n) is 4.80. The van der Waals surface area contributed by atoms with Crippen molar-refractivity contribution in [3.8, 4) is 11.4 Å². The standard InChI is InChI=1S/C15H18N2O2/c1-10(2)11-4-6-12(7-5-11)15-16-13(9-19-3)8-14(18)17-15/h4-8,10H,9H2,1-3H3,(H,16,17,18). The van der Waals surface area contributed by atoms with E-state index in [4.69, 9.17) is 4.74 Å². The van der Waals surface area contributed by atoms with Gasteiger partial charge in [-0.3, -0.25) is 4.79 Å².